The Labute approximate surface area is 151 Å². The topological polar surface area (TPSA) is 81.8 Å². The first-order chi connectivity index (χ1) is 11.6. The highest BCUT2D eigenvalue weighted by Crippen LogP contribution is 2.33. The maximum atomic E-state index is 12.8. The molecule has 2 fully saturated rings. The van der Waals surface area contributed by atoms with Crippen LogP contribution in [0.3, 0.4) is 0 Å². The quantitative estimate of drug-likeness (QED) is 0.776. The van der Waals surface area contributed by atoms with Gasteiger partial charge in [0.2, 0.25) is 17.7 Å². The van der Waals surface area contributed by atoms with Crippen molar-refractivity contribution in [2.45, 2.75) is 45.7 Å². The zero-order chi connectivity index (χ0) is 18.5. The number of fused-ring (bicyclic) bond motifs is 1. The predicted octanol–water partition coefficient (Wildman–Crippen LogP) is 1.25. The van der Waals surface area contributed by atoms with E-state index in [2.05, 4.69) is 10.6 Å². The number of carbonyl (C=O) groups is 3. The Morgan fingerprint density at radius 1 is 1.32 bits per heavy atom. The van der Waals surface area contributed by atoms with Gasteiger partial charge in [-0.3, -0.25) is 19.7 Å². The standard InChI is InChI=1S/C17H20N4O3S/c1-9-5-6-11(10(2)7-9)18-14(23)12-8-13(22)20-16(25)19-15(24)17(3,4)21(12)20/h5-7,12H,8H2,1-4H3,(H,18,23)(H,19,24,25)/t12-/m1/s1. The summed E-state index contributed by atoms with van der Waals surface area (Å²) in [7, 11) is 0. The van der Waals surface area contributed by atoms with Gasteiger partial charge >= 0.3 is 0 Å². The minimum absolute atomic E-state index is 0.0103. The monoisotopic (exact) mass is 360 g/mol. The molecule has 0 unspecified atom stereocenters. The van der Waals surface area contributed by atoms with Gasteiger partial charge in [-0.05, 0) is 51.5 Å². The summed E-state index contributed by atoms with van der Waals surface area (Å²) in [5, 5.41) is 8.10. The normalized spacial score (nSPS) is 22.6. The van der Waals surface area contributed by atoms with Crippen LogP contribution in [0.1, 0.15) is 31.4 Å². The highest BCUT2D eigenvalue weighted by Gasteiger charge is 2.56. The first-order valence-electron chi connectivity index (χ1n) is 7.98. The fraction of sp³-hybridized carbons (Fsp3) is 0.412. The Bertz CT molecular complexity index is 805. The van der Waals surface area contributed by atoms with Crippen molar-refractivity contribution < 1.29 is 14.4 Å². The molecule has 2 N–H and O–H groups in total. The van der Waals surface area contributed by atoms with E-state index in [9.17, 15) is 14.4 Å². The number of carbonyl (C=O) groups excluding carboxylic acids is 3. The van der Waals surface area contributed by atoms with E-state index >= 15 is 0 Å². The minimum atomic E-state index is -1.07. The molecular weight excluding hydrogens is 340 g/mol. The number of rotatable bonds is 2. The van der Waals surface area contributed by atoms with E-state index in [1.807, 2.05) is 32.0 Å². The number of anilines is 1. The molecule has 0 aliphatic carbocycles. The fourth-order valence-corrected chi connectivity index (χ4v) is 3.51. The molecule has 2 aliphatic heterocycles. The molecule has 3 rings (SSSR count). The van der Waals surface area contributed by atoms with Crippen LogP contribution in [-0.2, 0) is 14.4 Å². The van der Waals surface area contributed by atoms with Crippen LogP contribution >= 0.6 is 12.2 Å². The van der Waals surface area contributed by atoms with Gasteiger partial charge in [-0.1, -0.05) is 17.7 Å². The van der Waals surface area contributed by atoms with Crippen molar-refractivity contribution in [3.05, 3.63) is 29.3 Å². The summed E-state index contributed by atoms with van der Waals surface area (Å²) < 4.78 is 0. The second kappa shape index (κ2) is 5.89. The molecular formula is C17H20N4O3S. The summed E-state index contributed by atoms with van der Waals surface area (Å²) in [5.41, 5.74) is 1.64. The number of hydrogen-bond donors (Lipinski definition) is 2. The Hall–Kier alpha value is -2.32. The molecule has 132 valence electrons. The average molecular weight is 360 g/mol. The largest absolute Gasteiger partial charge is 0.324 e. The lowest BCUT2D eigenvalue weighted by Gasteiger charge is -2.45. The van der Waals surface area contributed by atoms with Gasteiger partial charge in [0.15, 0.2) is 5.11 Å². The number of hydrazine groups is 1. The smallest absolute Gasteiger partial charge is 0.248 e. The lowest BCUT2D eigenvalue weighted by Crippen LogP contribution is -2.71. The number of hydrogen-bond acceptors (Lipinski definition) is 5. The van der Waals surface area contributed by atoms with E-state index in [-0.39, 0.29) is 29.3 Å². The summed E-state index contributed by atoms with van der Waals surface area (Å²) in [5.74, 6) is -0.986. The molecule has 2 aliphatic rings. The number of aryl methyl sites for hydroxylation is 2. The van der Waals surface area contributed by atoms with Gasteiger partial charge in [0.1, 0.15) is 11.6 Å². The van der Waals surface area contributed by atoms with E-state index in [4.69, 9.17) is 12.2 Å². The van der Waals surface area contributed by atoms with Crippen molar-refractivity contribution in [2.75, 3.05) is 5.32 Å². The zero-order valence-corrected chi connectivity index (χ0v) is 15.4. The molecule has 25 heavy (non-hydrogen) atoms. The van der Waals surface area contributed by atoms with Gasteiger partial charge in [-0.25, -0.2) is 5.01 Å². The number of thiocarbonyl (C=S) groups is 1. The van der Waals surface area contributed by atoms with E-state index < -0.39 is 11.6 Å². The van der Waals surface area contributed by atoms with Crippen LogP contribution in [0.5, 0.6) is 0 Å². The van der Waals surface area contributed by atoms with Gasteiger partial charge < -0.3 is 5.32 Å². The molecule has 8 heteroatoms. The van der Waals surface area contributed by atoms with Crippen molar-refractivity contribution in [1.29, 1.82) is 0 Å². The summed E-state index contributed by atoms with van der Waals surface area (Å²) >= 11 is 5.10. The van der Waals surface area contributed by atoms with Crippen molar-refractivity contribution >= 4 is 40.7 Å². The third kappa shape index (κ3) is 2.81. The Morgan fingerprint density at radius 2 is 2.00 bits per heavy atom. The van der Waals surface area contributed by atoms with E-state index in [0.717, 1.165) is 11.1 Å². The van der Waals surface area contributed by atoms with Crippen LogP contribution in [0, 0.1) is 13.8 Å². The van der Waals surface area contributed by atoms with Gasteiger partial charge in [0.25, 0.3) is 0 Å². The second-order valence-electron chi connectivity index (χ2n) is 6.90. The molecule has 0 bridgehead atoms. The minimum Gasteiger partial charge on any atom is -0.324 e. The zero-order valence-electron chi connectivity index (χ0n) is 14.5. The van der Waals surface area contributed by atoms with E-state index in [1.54, 1.807) is 13.8 Å². The molecule has 7 nitrogen and oxygen atoms in total. The maximum Gasteiger partial charge on any atom is 0.248 e. The number of nitrogens with zero attached hydrogens (tertiary/aromatic N) is 2. The summed E-state index contributed by atoms with van der Waals surface area (Å²) in [6, 6.07) is 4.90. The molecule has 0 radical (unpaired) electrons. The fourth-order valence-electron chi connectivity index (χ4n) is 3.23. The van der Waals surface area contributed by atoms with E-state index in [1.165, 1.54) is 10.0 Å². The molecule has 0 spiro atoms. The molecule has 1 aromatic carbocycles. The highest BCUT2D eigenvalue weighted by molar-refractivity contribution is 7.80. The third-order valence-electron chi connectivity index (χ3n) is 4.60. The Kier molecular flexibility index (Phi) is 4.12. The summed E-state index contributed by atoms with van der Waals surface area (Å²) in [4.78, 5) is 37.5. The van der Waals surface area contributed by atoms with Gasteiger partial charge in [-0.2, -0.15) is 5.01 Å². The lowest BCUT2D eigenvalue weighted by atomic mass is 10.00. The van der Waals surface area contributed by atoms with Crippen LogP contribution in [0.2, 0.25) is 0 Å². The van der Waals surface area contributed by atoms with Crippen LogP contribution in [-0.4, -0.2) is 44.4 Å². The second-order valence-corrected chi connectivity index (χ2v) is 7.28. The SMILES string of the molecule is Cc1ccc(NC(=O)[C@H]2CC(=O)N3C(=S)NC(=O)C(C)(C)N23)c(C)c1. The first-order valence-corrected chi connectivity index (χ1v) is 8.39. The highest BCUT2D eigenvalue weighted by atomic mass is 32.1. The van der Waals surface area contributed by atoms with Crippen LogP contribution in [0.15, 0.2) is 18.2 Å². The molecule has 2 saturated heterocycles. The van der Waals surface area contributed by atoms with E-state index in [0.29, 0.717) is 5.69 Å². The molecule has 0 saturated carbocycles. The predicted molar refractivity (Wildman–Crippen MR) is 96.5 cm³/mol. The molecule has 1 atom stereocenters. The van der Waals surface area contributed by atoms with Gasteiger partial charge in [0.05, 0.1) is 6.42 Å². The summed E-state index contributed by atoms with van der Waals surface area (Å²) in [6.45, 7) is 7.20. The Morgan fingerprint density at radius 3 is 2.64 bits per heavy atom. The van der Waals surface area contributed by atoms with Crippen LogP contribution in [0.4, 0.5) is 5.69 Å². The molecule has 2 heterocycles. The number of amides is 3. The van der Waals surface area contributed by atoms with Crippen molar-refractivity contribution in [2.24, 2.45) is 0 Å². The van der Waals surface area contributed by atoms with Crippen LogP contribution in [0.25, 0.3) is 0 Å². The van der Waals surface area contributed by atoms with Crippen molar-refractivity contribution in [1.82, 2.24) is 15.3 Å². The average Bonchev–Trinajstić information content (AvgIpc) is 2.87. The van der Waals surface area contributed by atoms with Gasteiger partial charge in [0, 0.05) is 5.69 Å². The number of nitrogens with one attached hydrogen (secondary N) is 2. The third-order valence-corrected chi connectivity index (χ3v) is 4.87. The molecule has 0 aromatic heterocycles. The maximum absolute atomic E-state index is 12.8. The van der Waals surface area contributed by atoms with Crippen molar-refractivity contribution in [3.8, 4) is 0 Å². The molecule has 1 aromatic rings. The van der Waals surface area contributed by atoms with Crippen molar-refractivity contribution in [3.63, 3.8) is 0 Å². The molecule has 3 amide bonds. The van der Waals surface area contributed by atoms with Crippen LogP contribution < -0.4 is 10.6 Å². The Balaban J connectivity index is 1.91. The summed E-state index contributed by atoms with van der Waals surface area (Å²) in [6.07, 6.45) is -0.0325. The number of benzene rings is 1. The lowest BCUT2D eigenvalue weighted by molar-refractivity contribution is -0.154. The first kappa shape index (κ1) is 17.5. The van der Waals surface area contributed by atoms with Gasteiger partial charge in [-0.15, -0.1) is 0 Å².